The Bertz CT molecular complexity index is 952. The quantitative estimate of drug-likeness (QED) is 0.301. The average Bonchev–Trinajstić information content (AvgIpc) is 3.23. The molecule has 2 atom stereocenters. The van der Waals surface area contributed by atoms with Crippen LogP contribution in [0.5, 0.6) is 0 Å². The molecular formula is C22H25N3O6. The van der Waals surface area contributed by atoms with Crippen molar-refractivity contribution < 1.29 is 29.1 Å². The molecule has 1 aliphatic rings. The molecule has 1 aliphatic heterocycles. The number of furan rings is 1. The molecule has 3 rings (SSSR count). The Morgan fingerprint density at radius 2 is 1.84 bits per heavy atom. The molecule has 2 heterocycles. The van der Waals surface area contributed by atoms with E-state index in [0.717, 1.165) is 38.6 Å². The fourth-order valence-corrected chi connectivity index (χ4v) is 3.05. The van der Waals surface area contributed by atoms with Crippen molar-refractivity contribution in [3.63, 3.8) is 0 Å². The zero-order valence-corrected chi connectivity index (χ0v) is 17.1. The number of aliphatic hydroxyl groups excluding tert-OH is 1. The van der Waals surface area contributed by atoms with Crippen molar-refractivity contribution in [3.8, 4) is 11.8 Å². The number of hydrogen-bond donors (Lipinski definition) is 4. The third kappa shape index (κ3) is 6.41. The van der Waals surface area contributed by atoms with Gasteiger partial charge in [0.2, 0.25) is 0 Å². The summed E-state index contributed by atoms with van der Waals surface area (Å²) < 4.78 is 11.1. The molecule has 1 aromatic carbocycles. The largest absolute Gasteiger partial charge is 0.451 e. The molecule has 9 heteroatoms. The summed E-state index contributed by atoms with van der Waals surface area (Å²) in [5.74, 6) is 5.88. The highest BCUT2D eigenvalue weighted by atomic mass is 16.5. The third-order valence-corrected chi connectivity index (χ3v) is 4.78. The summed E-state index contributed by atoms with van der Waals surface area (Å²) >= 11 is 0. The molecule has 1 saturated heterocycles. The first-order valence-corrected chi connectivity index (χ1v) is 9.90. The topological polar surface area (TPSA) is 124 Å². The van der Waals surface area contributed by atoms with Crippen LogP contribution in [0.3, 0.4) is 0 Å². The Hall–Kier alpha value is -3.16. The van der Waals surface area contributed by atoms with Crippen LogP contribution in [0.15, 0.2) is 40.8 Å². The van der Waals surface area contributed by atoms with E-state index < -0.39 is 24.0 Å². The molecule has 0 spiro atoms. The van der Waals surface area contributed by atoms with Crippen LogP contribution in [0.1, 0.15) is 34.4 Å². The number of carbonyl (C=O) groups is 2. The van der Waals surface area contributed by atoms with E-state index in [1.54, 1.807) is 24.3 Å². The van der Waals surface area contributed by atoms with E-state index >= 15 is 0 Å². The summed E-state index contributed by atoms with van der Waals surface area (Å²) in [6.07, 6.45) is -1.18. The highest BCUT2D eigenvalue weighted by Crippen LogP contribution is 2.12. The van der Waals surface area contributed by atoms with Crippen molar-refractivity contribution in [2.24, 2.45) is 0 Å². The summed E-state index contributed by atoms with van der Waals surface area (Å²) in [5.41, 5.74) is 2.39. The van der Waals surface area contributed by atoms with Gasteiger partial charge in [-0.15, -0.1) is 0 Å². The highest BCUT2D eigenvalue weighted by molar-refractivity contribution is 5.97. The number of hydrogen-bond acceptors (Lipinski definition) is 7. The summed E-state index contributed by atoms with van der Waals surface area (Å²) in [6, 6.07) is 8.91. The maximum Gasteiger partial charge on any atom is 0.268 e. The van der Waals surface area contributed by atoms with Crippen molar-refractivity contribution in [3.05, 3.63) is 59.0 Å². The van der Waals surface area contributed by atoms with E-state index in [1.807, 2.05) is 12.1 Å². The molecule has 0 aliphatic carbocycles. The minimum atomic E-state index is -1.28. The molecular weight excluding hydrogens is 402 g/mol. The Balaban J connectivity index is 1.59. The van der Waals surface area contributed by atoms with Gasteiger partial charge in [0.15, 0.2) is 5.76 Å². The van der Waals surface area contributed by atoms with Gasteiger partial charge in [-0.3, -0.25) is 19.7 Å². The predicted molar refractivity (Wildman–Crippen MR) is 110 cm³/mol. The molecule has 2 aromatic rings. The fraction of sp³-hybridized carbons (Fsp3) is 0.364. The molecule has 164 valence electrons. The van der Waals surface area contributed by atoms with Crippen molar-refractivity contribution in [2.75, 3.05) is 26.3 Å². The standard InChI is InChI=1S/C22H25N3O6/c1-15(26)20(22(28)24-29)23-21(27)17-5-2-16(3-6-17)4-7-18-8-9-19(31-18)14-25-10-12-30-13-11-25/h2-3,5-6,8-9,15,20,26,29H,10-14H2,1H3,(H,23,27)(H,24,28)/t15-,20-/m0/s1. The van der Waals surface area contributed by atoms with E-state index in [4.69, 9.17) is 14.4 Å². The van der Waals surface area contributed by atoms with Crippen LogP contribution in [0.4, 0.5) is 0 Å². The number of ether oxygens (including phenoxy) is 1. The lowest BCUT2D eigenvalue weighted by Gasteiger charge is -2.25. The maximum absolute atomic E-state index is 12.3. The van der Waals surface area contributed by atoms with Gasteiger partial charge in [-0.1, -0.05) is 5.92 Å². The van der Waals surface area contributed by atoms with Gasteiger partial charge in [0.25, 0.3) is 11.8 Å². The molecule has 1 aromatic heterocycles. The van der Waals surface area contributed by atoms with Gasteiger partial charge >= 0.3 is 0 Å². The smallest absolute Gasteiger partial charge is 0.268 e. The van der Waals surface area contributed by atoms with Gasteiger partial charge in [0.05, 0.1) is 25.9 Å². The number of rotatable bonds is 6. The second-order valence-corrected chi connectivity index (χ2v) is 7.15. The number of morpholine rings is 1. The van der Waals surface area contributed by atoms with E-state index in [-0.39, 0.29) is 5.56 Å². The van der Waals surface area contributed by atoms with Crippen LogP contribution in [0.25, 0.3) is 0 Å². The first-order valence-electron chi connectivity index (χ1n) is 9.90. The summed E-state index contributed by atoms with van der Waals surface area (Å²) in [7, 11) is 0. The second-order valence-electron chi connectivity index (χ2n) is 7.15. The number of carbonyl (C=O) groups excluding carboxylic acids is 2. The molecule has 4 N–H and O–H groups in total. The molecule has 0 saturated carbocycles. The Labute approximate surface area is 179 Å². The zero-order chi connectivity index (χ0) is 22.2. The van der Waals surface area contributed by atoms with Crippen molar-refractivity contribution in [1.82, 2.24) is 15.7 Å². The SMILES string of the molecule is C[C@H](O)[C@H](NC(=O)c1ccc(C#Cc2ccc(CN3CCOCC3)o2)cc1)C(=O)NO. The number of hydroxylamine groups is 1. The lowest BCUT2D eigenvalue weighted by atomic mass is 10.1. The monoisotopic (exact) mass is 427 g/mol. The lowest BCUT2D eigenvalue weighted by molar-refractivity contribution is -0.133. The van der Waals surface area contributed by atoms with Gasteiger partial charge in [0.1, 0.15) is 11.8 Å². The molecule has 0 unspecified atom stereocenters. The predicted octanol–water partition coefficient (Wildman–Crippen LogP) is 0.496. The van der Waals surface area contributed by atoms with Crippen LogP contribution in [-0.4, -0.2) is 65.5 Å². The average molecular weight is 427 g/mol. The van der Waals surface area contributed by atoms with Crippen molar-refractivity contribution >= 4 is 11.8 Å². The molecule has 0 radical (unpaired) electrons. The number of benzene rings is 1. The van der Waals surface area contributed by atoms with E-state index in [1.165, 1.54) is 12.4 Å². The van der Waals surface area contributed by atoms with Gasteiger partial charge in [-0.2, -0.15) is 0 Å². The minimum Gasteiger partial charge on any atom is -0.451 e. The molecule has 2 amide bonds. The fourth-order valence-electron chi connectivity index (χ4n) is 3.05. The van der Waals surface area contributed by atoms with Gasteiger partial charge in [-0.25, -0.2) is 5.48 Å². The lowest BCUT2D eigenvalue weighted by Crippen LogP contribution is -2.51. The number of amides is 2. The van der Waals surface area contributed by atoms with E-state index in [2.05, 4.69) is 22.1 Å². The van der Waals surface area contributed by atoms with Gasteiger partial charge in [-0.05, 0) is 49.2 Å². The maximum atomic E-state index is 12.3. The zero-order valence-electron chi connectivity index (χ0n) is 17.1. The van der Waals surface area contributed by atoms with Gasteiger partial charge < -0.3 is 19.6 Å². The first-order chi connectivity index (χ1) is 15.0. The first kappa shape index (κ1) is 22.5. The summed E-state index contributed by atoms with van der Waals surface area (Å²) in [5, 5.41) is 20.7. The number of nitrogens with zero attached hydrogens (tertiary/aromatic N) is 1. The number of nitrogens with one attached hydrogen (secondary N) is 2. The Kier molecular flexibility index (Phi) is 7.81. The molecule has 1 fully saturated rings. The third-order valence-electron chi connectivity index (χ3n) is 4.78. The Morgan fingerprint density at radius 1 is 1.13 bits per heavy atom. The van der Waals surface area contributed by atoms with Crippen LogP contribution in [-0.2, 0) is 16.1 Å². The summed E-state index contributed by atoms with van der Waals surface area (Å²) in [6.45, 7) is 5.27. The van der Waals surface area contributed by atoms with E-state index in [0.29, 0.717) is 11.3 Å². The Morgan fingerprint density at radius 3 is 2.48 bits per heavy atom. The highest BCUT2D eigenvalue weighted by Gasteiger charge is 2.25. The van der Waals surface area contributed by atoms with Crippen LogP contribution >= 0.6 is 0 Å². The second kappa shape index (κ2) is 10.7. The van der Waals surface area contributed by atoms with Crippen LogP contribution < -0.4 is 10.8 Å². The number of aliphatic hydroxyl groups is 1. The van der Waals surface area contributed by atoms with Crippen LogP contribution in [0, 0.1) is 11.8 Å². The molecule has 31 heavy (non-hydrogen) atoms. The van der Waals surface area contributed by atoms with Crippen LogP contribution in [0.2, 0.25) is 0 Å². The van der Waals surface area contributed by atoms with Gasteiger partial charge in [0, 0.05) is 24.2 Å². The minimum absolute atomic E-state index is 0.285. The molecule has 0 bridgehead atoms. The van der Waals surface area contributed by atoms with Crippen molar-refractivity contribution in [1.29, 1.82) is 0 Å². The van der Waals surface area contributed by atoms with Crippen molar-refractivity contribution in [2.45, 2.75) is 25.6 Å². The normalized spacial score (nSPS) is 16.0. The summed E-state index contributed by atoms with van der Waals surface area (Å²) in [4.78, 5) is 26.1. The van der Waals surface area contributed by atoms with E-state index in [9.17, 15) is 14.7 Å². The molecule has 9 nitrogen and oxygen atoms in total.